The third-order valence-corrected chi connectivity index (χ3v) is 10.4. The van der Waals surface area contributed by atoms with Crippen molar-refractivity contribution in [1.29, 1.82) is 0 Å². The second-order valence-corrected chi connectivity index (χ2v) is 14.1. The van der Waals surface area contributed by atoms with E-state index in [1.165, 1.54) is 141 Å². The van der Waals surface area contributed by atoms with Crippen LogP contribution < -0.4 is 0 Å². The van der Waals surface area contributed by atoms with Crippen LogP contribution in [0.4, 0.5) is 0 Å². The maximum Gasteiger partial charge on any atom is 0.169 e. The molecule has 2 atom stereocenters. The smallest absolute Gasteiger partial charge is 0.169 e. The highest BCUT2D eigenvalue weighted by molar-refractivity contribution is 4.97. The summed E-state index contributed by atoms with van der Waals surface area (Å²) in [5.74, 6) is -0.263. The number of fused-ring (bicyclic) bond motifs is 1. The zero-order valence-electron chi connectivity index (χ0n) is 27.8. The number of likely N-dealkylation sites (tertiary alicyclic amines) is 1. The minimum absolute atomic E-state index is 0.263. The summed E-state index contributed by atoms with van der Waals surface area (Å²) in [7, 11) is 2.23. The number of piperidine rings is 1. The maximum absolute atomic E-state index is 6.71. The predicted molar refractivity (Wildman–Crippen MR) is 177 cm³/mol. The fraction of sp³-hybridized carbons (Fsp3) is 0.895. The van der Waals surface area contributed by atoms with E-state index in [-0.39, 0.29) is 5.79 Å². The Morgan fingerprint density at radius 3 is 1.59 bits per heavy atom. The summed E-state index contributed by atoms with van der Waals surface area (Å²) >= 11 is 0. The highest BCUT2D eigenvalue weighted by Crippen LogP contribution is 2.52. The van der Waals surface area contributed by atoms with Gasteiger partial charge in [-0.3, -0.25) is 0 Å². The van der Waals surface area contributed by atoms with Gasteiger partial charge in [-0.25, -0.2) is 0 Å². The molecule has 0 bridgehead atoms. The van der Waals surface area contributed by atoms with Crippen LogP contribution in [-0.4, -0.2) is 43.0 Å². The molecule has 3 rings (SSSR count). The monoisotopic (exact) mass is 572 g/mol. The Hall–Kier alpha value is -0.640. The highest BCUT2D eigenvalue weighted by Gasteiger charge is 2.52. The van der Waals surface area contributed by atoms with Crippen molar-refractivity contribution in [1.82, 2.24) is 4.90 Å². The third-order valence-electron chi connectivity index (χ3n) is 10.4. The molecule has 2 heterocycles. The first-order valence-corrected chi connectivity index (χ1v) is 18.4. The summed E-state index contributed by atoms with van der Waals surface area (Å²) in [6.07, 6.45) is 43.6. The molecule has 1 saturated carbocycles. The molecule has 238 valence electrons. The van der Waals surface area contributed by atoms with Crippen molar-refractivity contribution >= 4 is 0 Å². The Morgan fingerprint density at radius 1 is 0.585 bits per heavy atom. The quantitative estimate of drug-likeness (QED) is 0.0952. The van der Waals surface area contributed by atoms with E-state index in [1.807, 2.05) is 0 Å². The normalized spacial score (nSPS) is 24.2. The Labute approximate surface area is 256 Å². The van der Waals surface area contributed by atoms with E-state index in [1.54, 1.807) is 0 Å². The van der Waals surface area contributed by atoms with Crippen molar-refractivity contribution < 1.29 is 9.47 Å². The number of allylic oxidation sites excluding steroid dienone is 4. The largest absolute Gasteiger partial charge is 0.344 e. The van der Waals surface area contributed by atoms with E-state index < -0.39 is 0 Å². The molecule has 0 unspecified atom stereocenters. The lowest BCUT2D eigenvalue weighted by atomic mass is 9.66. The molecule has 1 aliphatic carbocycles. The van der Waals surface area contributed by atoms with Gasteiger partial charge < -0.3 is 14.4 Å². The van der Waals surface area contributed by atoms with E-state index >= 15 is 0 Å². The first kappa shape index (κ1) is 34.8. The first-order chi connectivity index (χ1) is 20.1. The van der Waals surface area contributed by atoms with Crippen molar-refractivity contribution in [3.8, 4) is 0 Å². The minimum Gasteiger partial charge on any atom is -0.344 e. The highest BCUT2D eigenvalue weighted by atomic mass is 16.8. The van der Waals surface area contributed by atoms with Crippen LogP contribution in [0.25, 0.3) is 0 Å². The molecule has 0 aromatic rings. The summed E-state index contributed by atoms with van der Waals surface area (Å²) in [5.41, 5.74) is 0.538. The van der Waals surface area contributed by atoms with Crippen LogP contribution >= 0.6 is 0 Å². The Bertz CT molecular complexity index is 673. The third kappa shape index (κ3) is 13.3. The fourth-order valence-electron chi connectivity index (χ4n) is 7.64. The van der Waals surface area contributed by atoms with Crippen LogP contribution in [0.3, 0.4) is 0 Å². The molecular formula is C38H69NO2. The average molecular weight is 572 g/mol. The van der Waals surface area contributed by atoms with Crippen LogP contribution in [-0.2, 0) is 9.47 Å². The molecule has 3 nitrogen and oxygen atoms in total. The van der Waals surface area contributed by atoms with Crippen LogP contribution in [0.2, 0.25) is 0 Å². The van der Waals surface area contributed by atoms with E-state index in [0.29, 0.717) is 17.6 Å². The van der Waals surface area contributed by atoms with Crippen LogP contribution in [0.5, 0.6) is 0 Å². The van der Waals surface area contributed by atoms with Gasteiger partial charge in [0, 0.05) is 25.9 Å². The summed E-state index contributed by atoms with van der Waals surface area (Å²) in [6, 6.07) is 0. The van der Waals surface area contributed by atoms with Gasteiger partial charge in [0.05, 0.1) is 12.2 Å². The number of nitrogens with zero attached hydrogens (tertiary/aromatic N) is 1. The number of hydrogen-bond acceptors (Lipinski definition) is 3. The second kappa shape index (κ2) is 20.3. The molecule has 3 fully saturated rings. The van der Waals surface area contributed by atoms with Gasteiger partial charge in [0.25, 0.3) is 0 Å². The van der Waals surface area contributed by atoms with Crippen molar-refractivity contribution in [3.05, 3.63) is 24.3 Å². The lowest BCUT2D eigenvalue weighted by Crippen LogP contribution is -2.43. The SMILES string of the molecule is CCC/C=C\CCCCCCCCC1(CCCCCCCC/C=C\CCC)CCC2(CC1)O[C@H]1CN(C)CC[C@H]1O2. The maximum atomic E-state index is 6.71. The van der Waals surface area contributed by atoms with E-state index in [9.17, 15) is 0 Å². The van der Waals surface area contributed by atoms with E-state index in [4.69, 9.17) is 9.47 Å². The van der Waals surface area contributed by atoms with Gasteiger partial charge in [0.2, 0.25) is 0 Å². The summed E-state index contributed by atoms with van der Waals surface area (Å²) in [6.45, 7) is 6.71. The van der Waals surface area contributed by atoms with Crippen molar-refractivity contribution in [2.24, 2.45) is 5.41 Å². The number of unbranched alkanes of at least 4 members (excludes halogenated alkanes) is 14. The molecule has 3 heteroatoms. The molecule has 0 aromatic carbocycles. The molecular weight excluding hydrogens is 502 g/mol. The lowest BCUT2D eigenvalue weighted by Gasteiger charge is -2.44. The van der Waals surface area contributed by atoms with Gasteiger partial charge in [0.15, 0.2) is 5.79 Å². The predicted octanol–water partition coefficient (Wildman–Crippen LogP) is 11.3. The first-order valence-electron chi connectivity index (χ1n) is 18.4. The van der Waals surface area contributed by atoms with Gasteiger partial charge in [-0.15, -0.1) is 0 Å². The Morgan fingerprint density at radius 2 is 1.05 bits per heavy atom. The summed E-state index contributed by atoms with van der Waals surface area (Å²) < 4.78 is 13.4. The molecule has 3 aliphatic rings. The van der Waals surface area contributed by atoms with E-state index in [0.717, 1.165) is 32.4 Å². The summed E-state index contributed by atoms with van der Waals surface area (Å²) in [4.78, 5) is 2.42. The number of rotatable bonds is 22. The molecule has 41 heavy (non-hydrogen) atoms. The van der Waals surface area contributed by atoms with Crippen LogP contribution in [0, 0.1) is 5.41 Å². The second-order valence-electron chi connectivity index (χ2n) is 14.1. The molecule has 0 aromatic heterocycles. The van der Waals surface area contributed by atoms with E-state index in [2.05, 4.69) is 50.1 Å². The zero-order chi connectivity index (χ0) is 29.1. The Kier molecular flexibility index (Phi) is 17.3. The molecule has 0 N–H and O–H groups in total. The molecule has 0 radical (unpaired) electrons. The lowest BCUT2D eigenvalue weighted by molar-refractivity contribution is -0.208. The van der Waals surface area contributed by atoms with Gasteiger partial charge in [-0.05, 0) is 83.1 Å². The van der Waals surface area contributed by atoms with Crippen molar-refractivity contribution in [3.63, 3.8) is 0 Å². The fourth-order valence-corrected chi connectivity index (χ4v) is 7.64. The topological polar surface area (TPSA) is 21.7 Å². The standard InChI is InChI=1S/C38H69NO2/c1-4-6-8-10-12-14-16-18-20-22-24-27-37(28-25-23-21-19-17-15-13-11-9-7-5-2)29-31-38(32-30-37)40-35-26-33-39(3)34-36(35)41-38/h8-11,35-36H,4-7,12-34H2,1-3H3/b10-8-,11-9-/t35-,36+/m1/s1. The zero-order valence-corrected chi connectivity index (χ0v) is 27.8. The van der Waals surface area contributed by atoms with Crippen molar-refractivity contribution in [2.45, 2.75) is 192 Å². The molecule has 2 aliphatic heterocycles. The number of hydrogen-bond donors (Lipinski definition) is 0. The van der Waals surface area contributed by atoms with Crippen molar-refractivity contribution in [2.75, 3.05) is 20.1 Å². The minimum atomic E-state index is -0.263. The van der Waals surface area contributed by atoms with Gasteiger partial charge in [-0.2, -0.15) is 0 Å². The number of ether oxygens (including phenoxy) is 2. The van der Waals surface area contributed by atoms with Gasteiger partial charge >= 0.3 is 0 Å². The number of likely N-dealkylation sites (N-methyl/N-ethyl adjacent to an activating group) is 1. The Balaban J connectivity index is 1.36. The van der Waals surface area contributed by atoms with Gasteiger partial charge in [-0.1, -0.05) is 115 Å². The average Bonchev–Trinajstić information content (AvgIpc) is 3.33. The molecule has 1 spiro atoms. The molecule has 2 saturated heterocycles. The van der Waals surface area contributed by atoms with Crippen LogP contribution in [0.15, 0.2) is 24.3 Å². The molecule has 0 amide bonds. The van der Waals surface area contributed by atoms with Crippen LogP contribution in [0.1, 0.15) is 174 Å². The van der Waals surface area contributed by atoms with Gasteiger partial charge in [0.1, 0.15) is 0 Å². The summed E-state index contributed by atoms with van der Waals surface area (Å²) in [5, 5.41) is 0.